The Labute approximate surface area is 122 Å². The third-order valence-electron chi connectivity index (χ3n) is 1.93. The quantitative estimate of drug-likeness (QED) is 0.613. The first-order chi connectivity index (χ1) is 9.34. The van der Waals surface area contributed by atoms with E-state index >= 15 is 0 Å². The summed E-state index contributed by atoms with van der Waals surface area (Å²) < 4.78 is 25.9. The van der Waals surface area contributed by atoms with Crippen molar-refractivity contribution in [1.82, 2.24) is 4.90 Å². The average molecular weight is 305 g/mol. The van der Waals surface area contributed by atoms with Crippen LogP contribution >= 0.6 is 0 Å². The van der Waals surface area contributed by atoms with Crippen LogP contribution in [0.1, 0.15) is 20.8 Å². The summed E-state index contributed by atoms with van der Waals surface area (Å²) in [4.78, 5) is 12.8. The van der Waals surface area contributed by atoms with E-state index in [9.17, 15) is 13.2 Å². The Kier molecular flexibility index (Phi) is 11.8. The van der Waals surface area contributed by atoms with Crippen LogP contribution in [-0.2, 0) is 14.3 Å². The maximum absolute atomic E-state index is 11.2. The van der Waals surface area contributed by atoms with Gasteiger partial charge in [0.2, 0.25) is 0 Å². The number of carbonyl (C=O) groups is 1. The van der Waals surface area contributed by atoms with Crippen LogP contribution in [0.3, 0.4) is 0 Å². The van der Waals surface area contributed by atoms with Crippen LogP contribution in [0.5, 0.6) is 0 Å². The molecule has 0 saturated carbocycles. The van der Waals surface area contributed by atoms with E-state index in [-0.39, 0.29) is 11.8 Å². The van der Waals surface area contributed by atoms with Gasteiger partial charge in [0.1, 0.15) is 0 Å². The molecule has 0 aliphatic carbocycles. The summed E-state index contributed by atoms with van der Waals surface area (Å²) in [6.07, 6.45) is 3.45. The van der Waals surface area contributed by atoms with Gasteiger partial charge in [-0.3, -0.25) is 4.18 Å². The van der Waals surface area contributed by atoms with Gasteiger partial charge in [0.25, 0.3) is 10.1 Å². The largest absolute Gasteiger partial charge is 0.497 e. The van der Waals surface area contributed by atoms with Gasteiger partial charge in [0.05, 0.1) is 39.4 Å². The lowest BCUT2D eigenvalue weighted by molar-refractivity contribution is -0.577. The maximum atomic E-state index is 11.2. The zero-order valence-corrected chi connectivity index (χ0v) is 13.8. The molecule has 0 spiro atoms. The van der Waals surface area contributed by atoms with E-state index in [0.29, 0.717) is 0 Å². The fraction of sp³-hybridized carbons (Fsp3) is 0.538. The molecule has 0 atom stereocenters. The van der Waals surface area contributed by atoms with Crippen LogP contribution in [0, 0.1) is 0 Å². The molecule has 0 aliphatic rings. The van der Waals surface area contributed by atoms with Gasteiger partial charge in [-0.15, -0.1) is 0 Å². The first-order valence-electron chi connectivity index (χ1n) is 6.30. The van der Waals surface area contributed by atoms with Gasteiger partial charge in [-0.2, -0.15) is 17.8 Å². The second kappa shape index (κ2) is 11.4. The molecule has 1 rings (SSSR count). The minimum Gasteiger partial charge on any atom is -0.273 e. The van der Waals surface area contributed by atoms with Crippen LogP contribution in [0.25, 0.3) is 0 Å². The highest BCUT2D eigenvalue weighted by Gasteiger charge is 2.13. The number of pyridine rings is 1. The van der Waals surface area contributed by atoms with E-state index in [4.69, 9.17) is 0 Å². The van der Waals surface area contributed by atoms with E-state index in [1.165, 1.54) is 16.4 Å². The van der Waals surface area contributed by atoms with Gasteiger partial charge in [-0.25, -0.2) is 4.90 Å². The van der Waals surface area contributed by atoms with E-state index in [0.717, 1.165) is 7.11 Å². The van der Waals surface area contributed by atoms with Gasteiger partial charge < -0.3 is 0 Å². The van der Waals surface area contributed by atoms with Crippen molar-refractivity contribution < 1.29 is 22.0 Å². The molecular weight excluding hydrogens is 280 g/mol. The number of carbonyl (C=O) groups excluding carboxylic acids is 1. The second-order valence-electron chi connectivity index (χ2n) is 3.47. The average Bonchev–Trinajstić information content (AvgIpc) is 2.50. The molecule has 1 aromatic rings. The van der Waals surface area contributed by atoms with Crippen LogP contribution in [-0.4, -0.2) is 46.3 Å². The predicted molar refractivity (Wildman–Crippen MR) is 78.9 cm³/mol. The number of hydrogen-bond acceptors (Lipinski definition) is 4. The first kappa shape index (κ1) is 20.8. The SMILES string of the molecule is CC.CCS(=O)(=O)OC.CN(C)C(=O)[n+]1ccccc1. The van der Waals surface area contributed by atoms with Crippen molar-refractivity contribution in [3.05, 3.63) is 30.6 Å². The lowest BCUT2D eigenvalue weighted by Gasteiger charge is -2.01. The number of amides is 1. The predicted octanol–water partition coefficient (Wildman–Crippen LogP) is 1.51. The van der Waals surface area contributed by atoms with Crippen LogP contribution in [0.4, 0.5) is 4.79 Å². The van der Waals surface area contributed by atoms with Gasteiger partial charge >= 0.3 is 6.03 Å². The Bertz CT molecular complexity index is 449. The van der Waals surface area contributed by atoms with Crippen molar-refractivity contribution in [3.8, 4) is 0 Å². The van der Waals surface area contributed by atoms with Crippen molar-refractivity contribution in [2.45, 2.75) is 20.8 Å². The van der Waals surface area contributed by atoms with E-state index in [1.807, 2.05) is 32.0 Å². The zero-order chi connectivity index (χ0) is 16.2. The van der Waals surface area contributed by atoms with Crippen LogP contribution in [0.2, 0.25) is 0 Å². The van der Waals surface area contributed by atoms with E-state index in [1.54, 1.807) is 26.5 Å². The summed E-state index contributed by atoms with van der Waals surface area (Å²) in [6, 6.07) is 5.48. The third-order valence-corrected chi connectivity index (χ3v) is 3.14. The first-order valence-corrected chi connectivity index (χ1v) is 7.88. The van der Waals surface area contributed by atoms with Crippen LogP contribution < -0.4 is 4.57 Å². The molecule has 20 heavy (non-hydrogen) atoms. The summed E-state index contributed by atoms with van der Waals surface area (Å²) in [5.74, 6) is 0.0451. The maximum Gasteiger partial charge on any atom is 0.497 e. The fourth-order valence-corrected chi connectivity index (χ4v) is 1.11. The summed E-state index contributed by atoms with van der Waals surface area (Å²) >= 11 is 0. The molecule has 0 fully saturated rings. The Morgan fingerprint density at radius 2 is 1.60 bits per heavy atom. The Morgan fingerprint density at radius 1 is 1.15 bits per heavy atom. The Hall–Kier alpha value is -1.47. The summed E-state index contributed by atoms with van der Waals surface area (Å²) in [5, 5.41) is 0. The molecule has 0 unspecified atom stereocenters. The number of rotatable bonds is 2. The van der Waals surface area contributed by atoms with E-state index in [2.05, 4.69) is 4.18 Å². The Balaban J connectivity index is 0. The molecule has 116 valence electrons. The van der Waals surface area contributed by atoms with Gasteiger partial charge in [-0.05, 0) is 19.1 Å². The minimum absolute atomic E-state index is 0.0365. The van der Waals surface area contributed by atoms with Crippen molar-refractivity contribution in [3.63, 3.8) is 0 Å². The lowest BCUT2D eigenvalue weighted by atomic mass is 10.5. The summed E-state index contributed by atoms with van der Waals surface area (Å²) in [6.45, 7) is 5.53. The minimum atomic E-state index is -3.16. The molecule has 7 heteroatoms. The van der Waals surface area contributed by atoms with Crippen molar-refractivity contribution in [2.24, 2.45) is 0 Å². The molecule has 0 bridgehead atoms. The molecule has 0 radical (unpaired) electrons. The monoisotopic (exact) mass is 305 g/mol. The molecule has 0 aliphatic heterocycles. The van der Waals surface area contributed by atoms with Gasteiger partial charge in [0.15, 0.2) is 0 Å². The highest BCUT2D eigenvalue weighted by atomic mass is 32.2. The van der Waals surface area contributed by atoms with Gasteiger partial charge in [-0.1, -0.05) is 19.9 Å². The molecule has 1 aromatic heterocycles. The molecule has 1 heterocycles. The standard InChI is InChI=1S/C8H11N2O.C3H8O3S.C2H6/c1-9(2)8(11)10-6-4-3-5-7-10;1-3-7(4,5)6-2;1-2/h3-7H,1-2H3;3H2,1-2H3;1-2H3/q+1;;. The van der Waals surface area contributed by atoms with Crippen LogP contribution in [0.15, 0.2) is 30.6 Å². The summed E-state index contributed by atoms with van der Waals surface area (Å²) in [7, 11) is 1.44. The molecule has 0 saturated heterocycles. The van der Waals surface area contributed by atoms with Crippen molar-refractivity contribution >= 4 is 16.1 Å². The summed E-state index contributed by atoms with van der Waals surface area (Å²) in [5.41, 5.74) is 0. The molecule has 6 nitrogen and oxygen atoms in total. The third kappa shape index (κ3) is 9.46. The van der Waals surface area contributed by atoms with E-state index < -0.39 is 10.1 Å². The normalized spacial score (nSPS) is 9.50. The molecule has 1 amide bonds. The lowest BCUT2D eigenvalue weighted by Crippen LogP contribution is -2.48. The molecular formula is C13H25N2O4S+. The fourth-order valence-electron chi connectivity index (χ4n) is 0.875. The molecule has 0 N–H and O–H groups in total. The number of nitrogens with zero attached hydrogens (tertiary/aromatic N) is 2. The topological polar surface area (TPSA) is 67.6 Å². The molecule has 0 aromatic carbocycles. The zero-order valence-electron chi connectivity index (χ0n) is 13.0. The van der Waals surface area contributed by atoms with Crippen molar-refractivity contribution in [2.75, 3.05) is 27.0 Å². The van der Waals surface area contributed by atoms with Gasteiger partial charge in [0, 0.05) is 0 Å². The number of aromatic nitrogens is 1. The number of hydrogen-bond donors (Lipinski definition) is 0. The highest BCUT2D eigenvalue weighted by molar-refractivity contribution is 7.86. The second-order valence-corrected chi connectivity index (χ2v) is 5.50. The van der Waals surface area contributed by atoms with Crippen molar-refractivity contribution in [1.29, 1.82) is 0 Å². The highest BCUT2D eigenvalue weighted by Crippen LogP contribution is 1.85. The smallest absolute Gasteiger partial charge is 0.273 e. The Morgan fingerprint density at radius 3 is 1.85 bits per heavy atom.